The van der Waals surface area contributed by atoms with Crippen molar-refractivity contribution in [2.24, 2.45) is 0 Å². The maximum Gasteiger partial charge on any atom is 0.130 e. The quantitative estimate of drug-likeness (QED) is 0.447. The Morgan fingerprint density at radius 2 is 2.50 bits per heavy atom. The van der Waals surface area contributed by atoms with Crippen LogP contribution in [0.3, 0.4) is 0 Å². The SMILES string of the molecule is C#Cc1cc(=S)nc(C)[nH]1. The van der Waals surface area contributed by atoms with E-state index >= 15 is 0 Å². The van der Waals surface area contributed by atoms with Gasteiger partial charge >= 0.3 is 0 Å². The maximum atomic E-state index is 5.13. The zero-order valence-corrected chi connectivity index (χ0v) is 6.33. The van der Waals surface area contributed by atoms with E-state index in [1.807, 2.05) is 6.92 Å². The molecule has 1 heterocycles. The highest BCUT2D eigenvalue weighted by molar-refractivity contribution is 7.71. The molecule has 0 saturated carbocycles. The van der Waals surface area contributed by atoms with Gasteiger partial charge in [0.05, 0.1) is 5.69 Å². The Bertz CT molecular complexity index is 332. The first kappa shape index (κ1) is 6.97. The van der Waals surface area contributed by atoms with Gasteiger partial charge in [0.25, 0.3) is 0 Å². The number of terminal acetylenes is 1. The number of aryl methyl sites for hydroxylation is 1. The number of rotatable bonds is 0. The predicted molar refractivity (Wildman–Crippen MR) is 42.1 cm³/mol. The van der Waals surface area contributed by atoms with Crippen molar-refractivity contribution in [2.45, 2.75) is 6.92 Å². The van der Waals surface area contributed by atoms with Crippen LogP contribution in [-0.4, -0.2) is 9.97 Å². The summed E-state index contributed by atoms with van der Waals surface area (Å²) in [6, 6.07) is 1.66. The normalized spacial score (nSPS) is 8.80. The van der Waals surface area contributed by atoms with E-state index in [4.69, 9.17) is 18.6 Å². The van der Waals surface area contributed by atoms with Crippen molar-refractivity contribution in [1.82, 2.24) is 9.97 Å². The highest BCUT2D eigenvalue weighted by atomic mass is 32.1. The van der Waals surface area contributed by atoms with Gasteiger partial charge in [-0.2, -0.15) is 0 Å². The molecule has 0 aliphatic rings. The van der Waals surface area contributed by atoms with E-state index in [-0.39, 0.29) is 0 Å². The van der Waals surface area contributed by atoms with E-state index in [0.29, 0.717) is 10.3 Å². The van der Waals surface area contributed by atoms with Crippen molar-refractivity contribution in [3.8, 4) is 12.3 Å². The van der Waals surface area contributed by atoms with Gasteiger partial charge in [-0.15, -0.1) is 6.42 Å². The molecule has 0 bridgehead atoms. The summed E-state index contributed by atoms with van der Waals surface area (Å²) in [5.74, 6) is 3.20. The van der Waals surface area contributed by atoms with Crippen LogP contribution < -0.4 is 0 Å². The summed E-state index contributed by atoms with van der Waals surface area (Å²) >= 11 is 4.83. The topological polar surface area (TPSA) is 28.7 Å². The van der Waals surface area contributed by atoms with Crippen molar-refractivity contribution in [2.75, 3.05) is 0 Å². The summed E-state index contributed by atoms with van der Waals surface area (Å²) in [4.78, 5) is 6.83. The highest BCUT2D eigenvalue weighted by Crippen LogP contribution is 1.93. The van der Waals surface area contributed by atoms with Crippen LogP contribution >= 0.6 is 12.2 Å². The standard InChI is InChI=1S/C7H6N2S/c1-3-6-4-7(10)9-5(2)8-6/h1,4H,2H3,(H,8,9,10). The van der Waals surface area contributed by atoms with Gasteiger partial charge in [-0.05, 0) is 6.92 Å². The van der Waals surface area contributed by atoms with E-state index in [9.17, 15) is 0 Å². The average Bonchev–Trinajstić information content (AvgIpc) is 1.85. The third-order valence-corrected chi connectivity index (χ3v) is 1.23. The van der Waals surface area contributed by atoms with Crippen molar-refractivity contribution in [3.63, 3.8) is 0 Å². The lowest BCUT2D eigenvalue weighted by Gasteiger charge is -1.92. The number of nitrogens with zero attached hydrogens (tertiary/aromatic N) is 1. The third-order valence-electron chi connectivity index (χ3n) is 1.02. The Balaban J connectivity index is 3.36. The minimum absolute atomic E-state index is 0.532. The predicted octanol–water partition coefficient (Wildman–Crippen LogP) is 1.43. The maximum absolute atomic E-state index is 5.13. The molecule has 10 heavy (non-hydrogen) atoms. The van der Waals surface area contributed by atoms with Crippen molar-refractivity contribution < 1.29 is 0 Å². The lowest BCUT2D eigenvalue weighted by molar-refractivity contribution is 1.03. The van der Waals surface area contributed by atoms with Crippen molar-refractivity contribution in [3.05, 3.63) is 22.2 Å². The van der Waals surface area contributed by atoms with Crippen LogP contribution in [0, 0.1) is 23.9 Å². The molecule has 1 aromatic rings. The van der Waals surface area contributed by atoms with Crippen molar-refractivity contribution >= 4 is 12.2 Å². The van der Waals surface area contributed by atoms with E-state index in [0.717, 1.165) is 5.82 Å². The summed E-state index contributed by atoms with van der Waals surface area (Å²) in [7, 11) is 0. The minimum Gasteiger partial charge on any atom is -0.337 e. The van der Waals surface area contributed by atoms with Gasteiger partial charge in [0.1, 0.15) is 10.5 Å². The van der Waals surface area contributed by atoms with Gasteiger partial charge in [-0.3, -0.25) is 0 Å². The fraction of sp³-hybridized carbons (Fsp3) is 0.143. The summed E-state index contributed by atoms with van der Waals surface area (Å²) in [6.45, 7) is 1.82. The molecule has 0 atom stereocenters. The van der Waals surface area contributed by atoms with Crippen molar-refractivity contribution in [1.29, 1.82) is 0 Å². The lowest BCUT2D eigenvalue weighted by atomic mass is 10.4. The molecule has 0 aliphatic carbocycles. The summed E-state index contributed by atoms with van der Waals surface area (Å²) in [5.41, 5.74) is 0.678. The largest absolute Gasteiger partial charge is 0.337 e. The highest BCUT2D eigenvalue weighted by Gasteiger charge is 1.88. The molecular formula is C7H6N2S. The molecule has 0 amide bonds. The molecule has 0 radical (unpaired) electrons. The summed E-state index contributed by atoms with van der Waals surface area (Å²) in [5, 5.41) is 0. The second-order valence-corrected chi connectivity index (χ2v) is 2.28. The van der Waals surface area contributed by atoms with Crippen LogP contribution in [0.25, 0.3) is 0 Å². The Kier molecular flexibility index (Phi) is 1.83. The van der Waals surface area contributed by atoms with Gasteiger partial charge in [-0.1, -0.05) is 18.1 Å². The molecule has 0 fully saturated rings. The van der Waals surface area contributed by atoms with E-state index < -0.39 is 0 Å². The zero-order chi connectivity index (χ0) is 7.56. The summed E-state index contributed by atoms with van der Waals surface area (Å²) < 4.78 is 0.532. The second-order valence-electron chi connectivity index (χ2n) is 1.86. The number of hydrogen-bond donors (Lipinski definition) is 1. The molecule has 0 saturated heterocycles. The molecule has 0 spiro atoms. The molecule has 1 rings (SSSR count). The molecule has 3 heteroatoms. The molecule has 0 unspecified atom stereocenters. The van der Waals surface area contributed by atoms with Crippen LogP contribution in [0.5, 0.6) is 0 Å². The number of H-pyrrole nitrogens is 1. The minimum atomic E-state index is 0.532. The monoisotopic (exact) mass is 150 g/mol. The van der Waals surface area contributed by atoms with Crippen LogP contribution in [0.4, 0.5) is 0 Å². The van der Waals surface area contributed by atoms with Crippen LogP contribution in [0.15, 0.2) is 6.07 Å². The lowest BCUT2D eigenvalue weighted by Crippen LogP contribution is -1.90. The smallest absolute Gasteiger partial charge is 0.130 e. The number of aromatic amines is 1. The zero-order valence-electron chi connectivity index (χ0n) is 5.51. The second kappa shape index (κ2) is 2.63. The number of hydrogen-bond acceptors (Lipinski definition) is 2. The third kappa shape index (κ3) is 1.42. The Morgan fingerprint density at radius 1 is 1.80 bits per heavy atom. The van der Waals surface area contributed by atoms with Gasteiger partial charge in [0.15, 0.2) is 0 Å². The first-order chi connectivity index (χ1) is 4.72. The molecule has 1 N–H and O–H groups in total. The molecular weight excluding hydrogens is 144 g/mol. The molecule has 1 aromatic heterocycles. The Hall–Kier alpha value is -1.14. The Morgan fingerprint density at radius 3 is 3.00 bits per heavy atom. The fourth-order valence-electron chi connectivity index (χ4n) is 0.658. The number of aromatic nitrogens is 2. The Labute approximate surface area is 64.3 Å². The van der Waals surface area contributed by atoms with Crippen LogP contribution in [-0.2, 0) is 0 Å². The van der Waals surface area contributed by atoms with E-state index in [1.54, 1.807) is 6.07 Å². The van der Waals surface area contributed by atoms with Gasteiger partial charge in [-0.25, -0.2) is 4.98 Å². The van der Waals surface area contributed by atoms with Crippen LogP contribution in [0.2, 0.25) is 0 Å². The van der Waals surface area contributed by atoms with E-state index in [2.05, 4.69) is 15.9 Å². The van der Waals surface area contributed by atoms with Gasteiger partial charge in [0, 0.05) is 6.07 Å². The molecule has 0 aliphatic heterocycles. The average molecular weight is 150 g/mol. The van der Waals surface area contributed by atoms with Gasteiger partial charge < -0.3 is 4.98 Å². The summed E-state index contributed by atoms with van der Waals surface area (Å²) in [6.07, 6.45) is 5.13. The fourth-order valence-corrected chi connectivity index (χ4v) is 0.913. The first-order valence-corrected chi connectivity index (χ1v) is 3.18. The first-order valence-electron chi connectivity index (χ1n) is 2.77. The van der Waals surface area contributed by atoms with Crippen LogP contribution in [0.1, 0.15) is 11.5 Å². The van der Waals surface area contributed by atoms with E-state index in [1.165, 1.54) is 0 Å². The molecule has 0 aromatic carbocycles. The number of nitrogens with one attached hydrogen (secondary N) is 1. The molecule has 50 valence electrons. The van der Waals surface area contributed by atoms with Gasteiger partial charge in [0.2, 0.25) is 0 Å². The molecule has 2 nitrogen and oxygen atoms in total.